The number of fused-ring (bicyclic) bond motifs is 1. The highest BCUT2D eigenvalue weighted by Crippen LogP contribution is 2.38. The molecule has 0 saturated heterocycles. The third-order valence-electron chi connectivity index (χ3n) is 4.22. The van der Waals surface area contributed by atoms with E-state index in [4.69, 9.17) is 0 Å². The molecule has 2 N–H and O–H groups in total. The number of aromatic hydroxyl groups is 2. The van der Waals surface area contributed by atoms with E-state index in [1.165, 1.54) is 4.57 Å². The fourth-order valence-corrected chi connectivity index (χ4v) is 2.87. The van der Waals surface area contributed by atoms with Crippen LogP contribution in [0.2, 0.25) is 0 Å². The maximum Gasteiger partial charge on any atom is 0.295 e. The predicted molar refractivity (Wildman–Crippen MR) is 102 cm³/mol. The lowest BCUT2D eigenvalue weighted by atomic mass is 10.2. The Morgan fingerprint density at radius 2 is 1.30 bits per heavy atom. The molecule has 1 amide bonds. The molecule has 132 valence electrons. The van der Waals surface area contributed by atoms with Gasteiger partial charge in [-0.25, -0.2) is 0 Å². The standard InChI is InChI=1S/C21H15N3O3/c25-19(23-22-15-6-2-1-3-7-15)14-10-12-16(13-11-14)24-20(26)17-8-4-5-9-18(17)21(24)27/h1-13,26-27H. The highest BCUT2D eigenvalue weighted by atomic mass is 16.3. The van der Waals surface area contributed by atoms with Crippen molar-refractivity contribution in [1.29, 1.82) is 0 Å². The SMILES string of the molecule is O=C(N=Nc1ccccc1)c1ccc(-n2c(O)c3ccccc3c2O)cc1. The van der Waals surface area contributed by atoms with Crippen molar-refractivity contribution in [3.05, 3.63) is 84.4 Å². The van der Waals surface area contributed by atoms with Crippen molar-refractivity contribution >= 4 is 22.4 Å². The molecule has 0 spiro atoms. The lowest BCUT2D eigenvalue weighted by Gasteiger charge is -2.07. The van der Waals surface area contributed by atoms with Gasteiger partial charge in [0.2, 0.25) is 11.8 Å². The molecule has 3 aromatic carbocycles. The Labute approximate surface area is 154 Å². The minimum absolute atomic E-state index is 0.0639. The lowest BCUT2D eigenvalue weighted by Crippen LogP contribution is -1.96. The molecular weight excluding hydrogens is 342 g/mol. The fourth-order valence-electron chi connectivity index (χ4n) is 2.87. The molecule has 0 unspecified atom stereocenters. The van der Waals surface area contributed by atoms with Gasteiger partial charge in [-0.05, 0) is 48.5 Å². The van der Waals surface area contributed by atoms with Crippen molar-refractivity contribution < 1.29 is 15.0 Å². The summed E-state index contributed by atoms with van der Waals surface area (Å²) in [6.45, 7) is 0. The van der Waals surface area contributed by atoms with Gasteiger partial charge in [0.25, 0.3) is 5.91 Å². The Kier molecular flexibility index (Phi) is 4.14. The fraction of sp³-hybridized carbons (Fsp3) is 0. The Bertz CT molecular complexity index is 1110. The number of hydrogen-bond donors (Lipinski definition) is 2. The van der Waals surface area contributed by atoms with Gasteiger partial charge in [-0.3, -0.25) is 9.36 Å². The maximum atomic E-state index is 12.2. The Morgan fingerprint density at radius 1 is 0.741 bits per heavy atom. The van der Waals surface area contributed by atoms with E-state index < -0.39 is 5.91 Å². The van der Waals surface area contributed by atoms with Crippen molar-refractivity contribution in [3.63, 3.8) is 0 Å². The quantitative estimate of drug-likeness (QED) is 0.508. The second-order valence-corrected chi connectivity index (χ2v) is 5.92. The number of azo groups is 1. The largest absolute Gasteiger partial charge is 0.494 e. The van der Waals surface area contributed by atoms with E-state index in [0.717, 1.165) is 0 Å². The molecule has 6 nitrogen and oxygen atoms in total. The molecule has 4 rings (SSSR count). The van der Waals surface area contributed by atoms with Gasteiger partial charge in [-0.1, -0.05) is 30.3 Å². The number of benzene rings is 3. The van der Waals surface area contributed by atoms with Gasteiger partial charge in [0, 0.05) is 16.3 Å². The first-order chi connectivity index (χ1) is 13.1. The summed E-state index contributed by atoms with van der Waals surface area (Å²) in [6, 6.07) is 22.4. The molecule has 0 aliphatic carbocycles. The number of rotatable bonds is 3. The zero-order chi connectivity index (χ0) is 18.8. The van der Waals surface area contributed by atoms with E-state index in [-0.39, 0.29) is 11.8 Å². The number of nitrogens with zero attached hydrogens (tertiary/aromatic N) is 3. The summed E-state index contributed by atoms with van der Waals surface area (Å²) in [5.74, 6) is -0.603. The first-order valence-corrected chi connectivity index (χ1v) is 8.28. The van der Waals surface area contributed by atoms with Crippen molar-refractivity contribution in [3.8, 4) is 17.4 Å². The summed E-state index contributed by atoms with van der Waals surface area (Å²) in [7, 11) is 0. The molecule has 1 aromatic heterocycles. The summed E-state index contributed by atoms with van der Waals surface area (Å²) in [4.78, 5) is 12.2. The maximum absolute atomic E-state index is 12.2. The zero-order valence-corrected chi connectivity index (χ0v) is 14.1. The number of carbonyl (C=O) groups is 1. The lowest BCUT2D eigenvalue weighted by molar-refractivity contribution is 0.0995. The van der Waals surface area contributed by atoms with Crippen LogP contribution in [0.15, 0.2) is 89.1 Å². The van der Waals surface area contributed by atoms with E-state index in [1.807, 2.05) is 18.2 Å². The van der Waals surface area contributed by atoms with Crippen molar-refractivity contribution in [2.75, 3.05) is 0 Å². The highest BCUT2D eigenvalue weighted by Gasteiger charge is 2.16. The molecule has 0 aliphatic heterocycles. The molecule has 0 saturated carbocycles. The zero-order valence-electron chi connectivity index (χ0n) is 14.1. The van der Waals surface area contributed by atoms with E-state index in [1.54, 1.807) is 60.7 Å². The smallest absolute Gasteiger partial charge is 0.295 e. The number of hydrogen-bond acceptors (Lipinski definition) is 4. The van der Waals surface area contributed by atoms with Gasteiger partial charge in [-0.2, -0.15) is 0 Å². The van der Waals surface area contributed by atoms with Crippen LogP contribution in [-0.4, -0.2) is 20.7 Å². The molecule has 4 aromatic rings. The van der Waals surface area contributed by atoms with Gasteiger partial charge in [0.1, 0.15) is 0 Å². The van der Waals surface area contributed by atoms with Crippen LogP contribution in [0.5, 0.6) is 11.8 Å². The van der Waals surface area contributed by atoms with Crippen LogP contribution in [0.25, 0.3) is 16.5 Å². The van der Waals surface area contributed by atoms with Crippen molar-refractivity contribution in [2.45, 2.75) is 0 Å². The molecule has 1 heterocycles. The first-order valence-electron chi connectivity index (χ1n) is 8.28. The van der Waals surface area contributed by atoms with Crippen LogP contribution < -0.4 is 0 Å². The number of amides is 1. The molecule has 27 heavy (non-hydrogen) atoms. The van der Waals surface area contributed by atoms with Crippen molar-refractivity contribution in [1.82, 2.24) is 4.57 Å². The average Bonchev–Trinajstić information content (AvgIpc) is 2.98. The molecule has 6 heteroatoms. The van der Waals surface area contributed by atoms with Crippen LogP contribution in [0.4, 0.5) is 5.69 Å². The third-order valence-corrected chi connectivity index (χ3v) is 4.22. The topological polar surface area (TPSA) is 87.2 Å². The van der Waals surface area contributed by atoms with E-state index in [0.29, 0.717) is 27.7 Å². The Balaban J connectivity index is 1.63. The molecule has 0 bridgehead atoms. The third kappa shape index (κ3) is 3.04. The predicted octanol–water partition coefficient (Wildman–Crippen LogP) is 4.97. The highest BCUT2D eigenvalue weighted by molar-refractivity contribution is 5.95. The molecule has 0 aliphatic rings. The van der Waals surface area contributed by atoms with Crippen LogP contribution in [-0.2, 0) is 0 Å². The van der Waals surface area contributed by atoms with Crippen LogP contribution in [0.1, 0.15) is 10.4 Å². The Hall–Kier alpha value is -3.93. The van der Waals surface area contributed by atoms with Crippen LogP contribution in [0.3, 0.4) is 0 Å². The van der Waals surface area contributed by atoms with E-state index in [2.05, 4.69) is 10.2 Å². The van der Waals surface area contributed by atoms with Gasteiger partial charge >= 0.3 is 0 Å². The average molecular weight is 357 g/mol. The molecular formula is C21H15N3O3. The first kappa shape index (κ1) is 16.5. The summed E-state index contributed by atoms with van der Waals surface area (Å²) < 4.78 is 1.32. The minimum atomic E-state index is -0.475. The second-order valence-electron chi connectivity index (χ2n) is 5.92. The second kappa shape index (κ2) is 6.76. The van der Waals surface area contributed by atoms with Gasteiger partial charge in [-0.15, -0.1) is 10.2 Å². The van der Waals surface area contributed by atoms with E-state index in [9.17, 15) is 15.0 Å². The monoisotopic (exact) mass is 357 g/mol. The van der Waals surface area contributed by atoms with Gasteiger partial charge in [0.15, 0.2) is 0 Å². The van der Waals surface area contributed by atoms with E-state index >= 15 is 0 Å². The van der Waals surface area contributed by atoms with Crippen LogP contribution in [0, 0.1) is 0 Å². The normalized spacial score (nSPS) is 11.3. The number of aromatic nitrogens is 1. The molecule has 0 fully saturated rings. The Morgan fingerprint density at radius 3 is 1.89 bits per heavy atom. The number of carbonyl (C=O) groups excluding carboxylic acids is 1. The summed E-state index contributed by atoms with van der Waals surface area (Å²) in [6.07, 6.45) is 0. The summed E-state index contributed by atoms with van der Waals surface area (Å²) in [5, 5.41) is 29.6. The van der Waals surface area contributed by atoms with Gasteiger partial charge < -0.3 is 10.2 Å². The minimum Gasteiger partial charge on any atom is -0.494 e. The van der Waals surface area contributed by atoms with Crippen LogP contribution >= 0.6 is 0 Å². The van der Waals surface area contributed by atoms with Gasteiger partial charge in [0.05, 0.1) is 11.4 Å². The molecule has 0 atom stereocenters. The molecule has 0 radical (unpaired) electrons. The summed E-state index contributed by atoms with van der Waals surface area (Å²) in [5.41, 5.74) is 1.48. The van der Waals surface area contributed by atoms with Crippen molar-refractivity contribution in [2.24, 2.45) is 10.2 Å². The summed E-state index contributed by atoms with van der Waals surface area (Å²) >= 11 is 0.